The molecule has 0 saturated carbocycles. The second-order valence-corrected chi connectivity index (χ2v) is 6.68. The van der Waals surface area contributed by atoms with Gasteiger partial charge in [0.25, 0.3) is 0 Å². The lowest BCUT2D eigenvalue weighted by molar-refractivity contribution is -0.129. The summed E-state index contributed by atoms with van der Waals surface area (Å²) in [4.78, 5) is 12.5. The SMILES string of the molecule is [2H][C@@](CCCCN)(NC(C)(C)C)C(=O)C(C)(C)C. The largest absolute Gasteiger partial charge is 0.330 e. The van der Waals surface area contributed by atoms with Crippen molar-refractivity contribution in [2.45, 2.75) is 72.4 Å². The molecule has 3 nitrogen and oxygen atoms in total. The number of hydrogen-bond acceptors (Lipinski definition) is 3. The van der Waals surface area contributed by atoms with Crippen LogP contribution in [0.4, 0.5) is 0 Å². The van der Waals surface area contributed by atoms with E-state index in [1.807, 2.05) is 41.5 Å². The standard InChI is InChI=1S/C14H30N2O/c1-13(2,3)12(17)11(9-7-8-10-15)16-14(4,5)6/h11,16H,7-10,15H2,1-6H3/t11-/m0/s1/i11D. The highest BCUT2D eigenvalue weighted by atomic mass is 16.1. The van der Waals surface area contributed by atoms with Gasteiger partial charge in [0, 0.05) is 11.0 Å². The molecule has 0 aromatic rings. The first kappa shape index (κ1) is 14.7. The van der Waals surface area contributed by atoms with Crippen molar-refractivity contribution in [1.82, 2.24) is 5.32 Å². The van der Waals surface area contributed by atoms with E-state index in [1.165, 1.54) is 0 Å². The molecule has 3 heteroatoms. The predicted octanol–water partition coefficient (Wildman–Crippen LogP) is 2.49. The van der Waals surface area contributed by atoms with Crippen molar-refractivity contribution in [2.24, 2.45) is 11.1 Å². The topological polar surface area (TPSA) is 55.1 Å². The summed E-state index contributed by atoms with van der Waals surface area (Å²) < 4.78 is 8.51. The van der Waals surface area contributed by atoms with Gasteiger partial charge in [-0.1, -0.05) is 27.2 Å². The Labute approximate surface area is 108 Å². The van der Waals surface area contributed by atoms with Crippen molar-refractivity contribution in [3.05, 3.63) is 0 Å². The van der Waals surface area contributed by atoms with Crippen molar-refractivity contribution in [3.8, 4) is 0 Å². The molecule has 0 radical (unpaired) electrons. The molecule has 1 atom stereocenters. The van der Waals surface area contributed by atoms with Gasteiger partial charge in [0.2, 0.25) is 0 Å². The lowest BCUT2D eigenvalue weighted by atomic mass is 9.84. The smallest absolute Gasteiger partial charge is 0.155 e. The average molecular weight is 243 g/mol. The molecule has 0 heterocycles. The summed E-state index contributed by atoms with van der Waals surface area (Å²) in [5.74, 6) is -0.0538. The maximum atomic E-state index is 12.5. The number of nitrogens with two attached hydrogens (primary N) is 1. The summed E-state index contributed by atoms with van der Waals surface area (Å²) in [7, 11) is 0. The van der Waals surface area contributed by atoms with Crippen LogP contribution in [0, 0.1) is 5.41 Å². The summed E-state index contributed by atoms with van der Waals surface area (Å²) in [6.07, 6.45) is 2.16. The Morgan fingerprint density at radius 1 is 1.24 bits per heavy atom. The molecular formula is C14H30N2O. The van der Waals surface area contributed by atoms with Gasteiger partial charge in [-0.3, -0.25) is 4.79 Å². The molecule has 0 unspecified atom stereocenters. The van der Waals surface area contributed by atoms with E-state index in [9.17, 15) is 4.79 Å². The average Bonchev–Trinajstić information content (AvgIpc) is 2.12. The highest BCUT2D eigenvalue weighted by molar-refractivity contribution is 5.88. The molecule has 0 aliphatic rings. The third-order valence-electron chi connectivity index (χ3n) is 2.36. The zero-order chi connectivity index (χ0) is 14.6. The van der Waals surface area contributed by atoms with Gasteiger partial charge in [0.1, 0.15) is 0 Å². The molecule has 17 heavy (non-hydrogen) atoms. The molecule has 0 saturated heterocycles. The fraction of sp³-hybridized carbons (Fsp3) is 0.929. The Morgan fingerprint density at radius 3 is 2.12 bits per heavy atom. The number of ketones is 1. The minimum absolute atomic E-state index is 0.0538. The molecule has 3 N–H and O–H groups in total. The zero-order valence-corrected chi connectivity index (χ0v) is 12.3. The molecule has 0 bridgehead atoms. The van der Waals surface area contributed by atoms with Gasteiger partial charge in [0.05, 0.1) is 7.39 Å². The first-order valence-electron chi connectivity index (χ1n) is 6.97. The summed E-state index contributed by atoms with van der Waals surface area (Å²) in [6, 6.07) is -1.22. The van der Waals surface area contributed by atoms with Crippen LogP contribution in [0.5, 0.6) is 0 Å². The van der Waals surface area contributed by atoms with Crippen LogP contribution in [0.2, 0.25) is 0 Å². The Balaban J connectivity index is 4.97. The summed E-state index contributed by atoms with van der Waals surface area (Å²) in [6.45, 7) is 12.2. The highest BCUT2D eigenvalue weighted by Crippen LogP contribution is 2.20. The molecule has 0 aromatic carbocycles. The van der Waals surface area contributed by atoms with E-state index < -0.39 is 11.4 Å². The van der Waals surface area contributed by atoms with Crippen molar-refractivity contribution in [3.63, 3.8) is 0 Å². The number of nitrogens with one attached hydrogen (secondary N) is 1. The molecule has 0 aliphatic carbocycles. The van der Waals surface area contributed by atoms with Gasteiger partial charge in [-0.2, -0.15) is 0 Å². The molecule has 0 amide bonds. The summed E-state index contributed by atoms with van der Waals surface area (Å²) in [5, 5.41) is 3.17. The van der Waals surface area contributed by atoms with Gasteiger partial charge in [-0.25, -0.2) is 0 Å². The molecule has 0 spiro atoms. The van der Waals surface area contributed by atoms with Crippen LogP contribution in [0.3, 0.4) is 0 Å². The first-order chi connectivity index (χ1) is 7.92. The second kappa shape index (κ2) is 6.50. The quantitative estimate of drug-likeness (QED) is 0.705. The van der Waals surface area contributed by atoms with Gasteiger partial charge in [0.15, 0.2) is 5.78 Å². The van der Waals surface area contributed by atoms with Crippen LogP contribution in [-0.4, -0.2) is 23.9 Å². The molecule has 0 aromatic heterocycles. The van der Waals surface area contributed by atoms with Gasteiger partial charge in [-0.05, 0) is 40.2 Å². The minimum Gasteiger partial charge on any atom is -0.330 e. The van der Waals surface area contributed by atoms with E-state index in [-0.39, 0.29) is 11.3 Å². The van der Waals surface area contributed by atoms with Crippen LogP contribution in [0.25, 0.3) is 0 Å². The lowest BCUT2D eigenvalue weighted by Gasteiger charge is -2.31. The minimum atomic E-state index is -1.22. The number of rotatable bonds is 6. The van der Waals surface area contributed by atoms with E-state index in [4.69, 9.17) is 7.10 Å². The van der Waals surface area contributed by atoms with Crippen molar-refractivity contribution >= 4 is 5.78 Å². The molecule has 0 rings (SSSR count). The van der Waals surface area contributed by atoms with E-state index in [0.717, 1.165) is 12.8 Å². The third kappa shape index (κ3) is 7.50. The van der Waals surface area contributed by atoms with E-state index in [2.05, 4.69) is 5.32 Å². The Bertz CT molecular complexity index is 278. The van der Waals surface area contributed by atoms with E-state index in [1.54, 1.807) is 0 Å². The van der Waals surface area contributed by atoms with E-state index >= 15 is 0 Å². The van der Waals surface area contributed by atoms with E-state index in [0.29, 0.717) is 13.0 Å². The molecule has 102 valence electrons. The van der Waals surface area contributed by atoms with Crippen LogP contribution >= 0.6 is 0 Å². The number of unbranched alkanes of at least 4 members (excludes halogenated alkanes) is 1. The Hall–Kier alpha value is -0.410. The molecular weight excluding hydrogens is 212 g/mol. The van der Waals surface area contributed by atoms with Crippen LogP contribution < -0.4 is 11.1 Å². The monoisotopic (exact) mass is 243 g/mol. The number of hydrogen-bond donors (Lipinski definition) is 2. The van der Waals surface area contributed by atoms with Crippen LogP contribution in [0.15, 0.2) is 0 Å². The number of carbonyl (C=O) groups is 1. The second-order valence-electron chi connectivity index (χ2n) is 6.68. The zero-order valence-electron chi connectivity index (χ0n) is 13.3. The van der Waals surface area contributed by atoms with Crippen molar-refractivity contribution in [1.29, 1.82) is 0 Å². The molecule has 0 aliphatic heterocycles. The highest BCUT2D eigenvalue weighted by Gasteiger charge is 2.31. The summed E-state index contributed by atoms with van der Waals surface area (Å²) in [5.41, 5.74) is 4.71. The van der Waals surface area contributed by atoms with Gasteiger partial charge < -0.3 is 11.1 Å². The normalized spacial score (nSPS) is 17.5. The lowest BCUT2D eigenvalue weighted by Crippen LogP contribution is -2.50. The van der Waals surface area contributed by atoms with Crippen LogP contribution in [0.1, 0.15) is 62.2 Å². The fourth-order valence-electron chi connectivity index (χ4n) is 1.58. The first-order valence-corrected chi connectivity index (χ1v) is 6.47. The third-order valence-corrected chi connectivity index (χ3v) is 2.36. The summed E-state index contributed by atoms with van der Waals surface area (Å²) >= 11 is 0. The van der Waals surface area contributed by atoms with Gasteiger partial charge >= 0.3 is 0 Å². The maximum Gasteiger partial charge on any atom is 0.155 e. The maximum absolute atomic E-state index is 12.5. The Morgan fingerprint density at radius 2 is 1.76 bits per heavy atom. The predicted molar refractivity (Wildman–Crippen MR) is 74.0 cm³/mol. The molecule has 0 fully saturated rings. The Kier molecular flexibility index (Phi) is 5.60. The van der Waals surface area contributed by atoms with Crippen molar-refractivity contribution in [2.75, 3.05) is 6.54 Å². The number of Topliss-reactive ketones (excluding diaryl/α,β-unsaturated/α-hetero) is 1. The van der Waals surface area contributed by atoms with Crippen molar-refractivity contribution < 1.29 is 6.17 Å². The van der Waals surface area contributed by atoms with Gasteiger partial charge in [-0.15, -0.1) is 0 Å². The fourth-order valence-corrected chi connectivity index (χ4v) is 1.58. The number of carbonyl (C=O) groups excluding carboxylic acids is 1. The van der Waals surface area contributed by atoms with Crippen LogP contribution in [-0.2, 0) is 4.79 Å².